The van der Waals surface area contributed by atoms with Gasteiger partial charge in [-0.25, -0.2) is 4.79 Å². The highest BCUT2D eigenvalue weighted by Gasteiger charge is 2.24. The van der Waals surface area contributed by atoms with Crippen LogP contribution in [0, 0.1) is 0 Å². The van der Waals surface area contributed by atoms with E-state index in [2.05, 4.69) is 10.1 Å². The summed E-state index contributed by atoms with van der Waals surface area (Å²) in [4.78, 5) is 24.0. The van der Waals surface area contributed by atoms with Gasteiger partial charge in [0.15, 0.2) is 0 Å². The average Bonchev–Trinajstić information content (AvgIpc) is 2.69. The molecule has 2 aromatic carbocycles. The largest absolute Gasteiger partial charge is 0.465 e. The Bertz CT molecular complexity index is 855. The van der Waals surface area contributed by atoms with Crippen molar-refractivity contribution in [2.24, 2.45) is 0 Å². The molecule has 7 nitrogen and oxygen atoms in total. The number of rotatable bonds is 9. The van der Waals surface area contributed by atoms with E-state index < -0.39 is 13.6 Å². The van der Waals surface area contributed by atoms with Crippen molar-refractivity contribution < 1.29 is 27.9 Å². The molecule has 0 aromatic heterocycles. The van der Waals surface area contributed by atoms with Gasteiger partial charge in [0, 0.05) is 11.3 Å². The maximum Gasteiger partial charge on any atom is 0.337 e. The lowest BCUT2D eigenvalue weighted by Gasteiger charge is -2.17. The minimum Gasteiger partial charge on any atom is -0.465 e. The predicted octanol–water partition coefficient (Wildman–Crippen LogP) is 4.49. The Labute approximate surface area is 164 Å². The zero-order valence-electron chi connectivity index (χ0n) is 16.1. The molecule has 0 heterocycles. The summed E-state index contributed by atoms with van der Waals surface area (Å²) in [6.45, 7) is 4.13. The van der Waals surface area contributed by atoms with Gasteiger partial charge in [0.2, 0.25) is 0 Å². The smallest absolute Gasteiger partial charge is 0.337 e. The van der Waals surface area contributed by atoms with Crippen LogP contribution in [0.15, 0.2) is 48.5 Å². The number of nitrogens with one attached hydrogen (secondary N) is 1. The Balaban J connectivity index is 2.07. The summed E-state index contributed by atoms with van der Waals surface area (Å²) >= 11 is 0. The lowest BCUT2D eigenvalue weighted by Crippen LogP contribution is -2.13. The van der Waals surface area contributed by atoms with Gasteiger partial charge in [-0.05, 0) is 49.7 Å². The number of methoxy groups -OCH3 is 1. The van der Waals surface area contributed by atoms with Gasteiger partial charge in [0.25, 0.3) is 5.91 Å². The van der Waals surface area contributed by atoms with E-state index in [0.29, 0.717) is 30.0 Å². The molecular weight excluding hydrogens is 381 g/mol. The van der Waals surface area contributed by atoms with E-state index in [4.69, 9.17) is 9.05 Å². The van der Waals surface area contributed by atoms with Crippen LogP contribution in [0.1, 0.15) is 40.1 Å². The second-order valence-corrected chi connectivity index (χ2v) is 7.88. The summed E-state index contributed by atoms with van der Waals surface area (Å²) in [5.41, 5.74) is 1.98. The van der Waals surface area contributed by atoms with Crippen molar-refractivity contribution in [3.63, 3.8) is 0 Å². The van der Waals surface area contributed by atoms with Crippen LogP contribution in [-0.4, -0.2) is 32.2 Å². The van der Waals surface area contributed by atoms with Gasteiger partial charge >= 0.3 is 13.6 Å². The van der Waals surface area contributed by atoms with Crippen molar-refractivity contribution in [2.45, 2.75) is 20.0 Å². The molecule has 0 unspecified atom stereocenters. The summed E-state index contributed by atoms with van der Waals surface area (Å²) in [5.74, 6) is -0.861. The number of carbonyl (C=O) groups excluding carboxylic acids is 2. The highest BCUT2D eigenvalue weighted by molar-refractivity contribution is 7.53. The molecule has 0 atom stereocenters. The van der Waals surface area contributed by atoms with Crippen molar-refractivity contribution in [1.82, 2.24) is 0 Å². The van der Waals surface area contributed by atoms with Crippen molar-refractivity contribution >= 4 is 25.2 Å². The van der Waals surface area contributed by atoms with E-state index in [0.717, 1.165) is 5.56 Å². The molecule has 150 valence electrons. The Kier molecular flexibility index (Phi) is 7.93. The molecule has 0 saturated carbocycles. The first-order valence-corrected chi connectivity index (χ1v) is 10.6. The number of hydrogen-bond acceptors (Lipinski definition) is 6. The molecule has 0 saturated heterocycles. The molecule has 0 spiro atoms. The summed E-state index contributed by atoms with van der Waals surface area (Å²) in [5, 5.41) is 2.76. The highest BCUT2D eigenvalue weighted by atomic mass is 31.2. The van der Waals surface area contributed by atoms with Crippen LogP contribution in [0.4, 0.5) is 5.69 Å². The van der Waals surface area contributed by atoms with Crippen LogP contribution in [0.25, 0.3) is 0 Å². The first-order valence-electron chi connectivity index (χ1n) is 8.87. The molecule has 0 radical (unpaired) electrons. The Morgan fingerprint density at radius 1 is 0.964 bits per heavy atom. The number of carbonyl (C=O) groups is 2. The van der Waals surface area contributed by atoms with Crippen molar-refractivity contribution in [1.29, 1.82) is 0 Å². The molecule has 0 aliphatic carbocycles. The van der Waals surface area contributed by atoms with E-state index in [1.165, 1.54) is 13.2 Å². The second-order valence-electron chi connectivity index (χ2n) is 5.83. The number of benzene rings is 2. The number of esters is 1. The van der Waals surface area contributed by atoms with Crippen LogP contribution < -0.4 is 5.32 Å². The Morgan fingerprint density at radius 3 is 2.14 bits per heavy atom. The van der Waals surface area contributed by atoms with E-state index in [-0.39, 0.29) is 12.1 Å². The standard InChI is InChI=1S/C20H24NO6P/c1-4-26-28(24,27-5-2)14-15-9-11-18(12-10-15)21-19(22)16-7-6-8-17(13-16)20(23)25-3/h6-13H,4-5,14H2,1-3H3,(H,21,22). The highest BCUT2D eigenvalue weighted by Crippen LogP contribution is 2.51. The molecular formula is C20H24NO6P. The zero-order chi connectivity index (χ0) is 20.6. The molecule has 8 heteroatoms. The average molecular weight is 405 g/mol. The zero-order valence-corrected chi connectivity index (χ0v) is 17.0. The minimum absolute atomic E-state index is 0.157. The lowest BCUT2D eigenvalue weighted by molar-refractivity contribution is 0.0600. The number of ether oxygens (including phenoxy) is 1. The Hall–Kier alpha value is -2.47. The number of anilines is 1. The minimum atomic E-state index is -3.18. The van der Waals surface area contributed by atoms with Crippen molar-refractivity contribution in [3.05, 3.63) is 65.2 Å². The molecule has 0 fully saturated rings. The van der Waals surface area contributed by atoms with Crippen LogP contribution in [0.2, 0.25) is 0 Å². The molecule has 0 aliphatic rings. The van der Waals surface area contributed by atoms with Gasteiger partial charge in [-0.15, -0.1) is 0 Å². The van der Waals surface area contributed by atoms with E-state index in [9.17, 15) is 14.2 Å². The fourth-order valence-corrected chi connectivity index (χ4v) is 4.25. The van der Waals surface area contributed by atoms with Crippen LogP contribution >= 0.6 is 7.60 Å². The third-order valence-corrected chi connectivity index (χ3v) is 5.84. The summed E-state index contributed by atoms with van der Waals surface area (Å²) in [6, 6.07) is 13.2. The van der Waals surface area contributed by atoms with Crippen LogP contribution in [0.3, 0.4) is 0 Å². The first-order chi connectivity index (χ1) is 13.4. The molecule has 2 aromatic rings. The van der Waals surface area contributed by atoms with Crippen molar-refractivity contribution in [2.75, 3.05) is 25.6 Å². The summed E-state index contributed by atoms with van der Waals surface area (Å²) in [7, 11) is -1.90. The second kappa shape index (κ2) is 10.2. The molecule has 1 amide bonds. The monoisotopic (exact) mass is 405 g/mol. The molecule has 1 N–H and O–H groups in total. The normalized spacial score (nSPS) is 11.1. The van der Waals surface area contributed by atoms with E-state index >= 15 is 0 Å². The maximum absolute atomic E-state index is 12.6. The Morgan fingerprint density at radius 2 is 1.57 bits per heavy atom. The van der Waals surface area contributed by atoms with Crippen LogP contribution in [0.5, 0.6) is 0 Å². The maximum atomic E-state index is 12.6. The lowest BCUT2D eigenvalue weighted by atomic mass is 10.1. The summed E-state index contributed by atoms with van der Waals surface area (Å²) < 4.78 is 27.8. The number of amides is 1. The van der Waals surface area contributed by atoms with E-state index in [1.807, 2.05) is 0 Å². The van der Waals surface area contributed by atoms with Gasteiger partial charge in [-0.3, -0.25) is 9.36 Å². The predicted molar refractivity (Wildman–Crippen MR) is 107 cm³/mol. The topological polar surface area (TPSA) is 90.9 Å². The van der Waals surface area contributed by atoms with E-state index in [1.54, 1.807) is 56.3 Å². The quantitative estimate of drug-likeness (QED) is 0.488. The summed E-state index contributed by atoms with van der Waals surface area (Å²) in [6.07, 6.45) is 0.157. The molecule has 0 aliphatic heterocycles. The fraction of sp³-hybridized carbons (Fsp3) is 0.300. The van der Waals surface area contributed by atoms with Gasteiger partial charge in [-0.2, -0.15) is 0 Å². The third kappa shape index (κ3) is 6.02. The molecule has 2 rings (SSSR count). The molecule has 28 heavy (non-hydrogen) atoms. The first kappa shape index (κ1) is 21.8. The van der Waals surface area contributed by atoms with Gasteiger partial charge in [0.1, 0.15) is 0 Å². The van der Waals surface area contributed by atoms with Gasteiger partial charge in [0.05, 0.1) is 32.0 Å². The van der Waals surface area contributed by atoms with Gasteiger partial charge < -0.3 is 19.1 Å². The third-order valence-electron chi connectivity index (χ3n) is 3.79. The SMILES string of the molecule is CCOP(=O)(Cc1ccc(NC(=O)c2cccc(C(=O)OC)c2)cc1)OCC. The number of hydrogen-bond donors (Lipinski definition) is 1. The van der Waals surface area contributed by atoms with Gasteiger partial charge in [-0.1, -0.05) is 18.2 Å². The van der Waals surface area contributed by atoms with Crippen molar-refractivity contribution in [3.8, 4) is 0 Å². The fourth-order valence-electron chi connectivity index (χ4n) is 2.55. The van der Waals surface area contributed by atoms with Crippen LogP contribution in [-0.2, 0) is 24.5 Å². The molecule has 0 bridgehead atoms.